The Morgan fingerprint density at radius 3 is 2.64 bits per heavy atom. The second-order valence-corrected chi connectivity index (χ2v) is 2.96. The first-order valence-corrected chi connectivity index (χ1v) is 3.63. The summed E-state index contributed by atoms with van der Waals surface area (Å²) in [5, 5.41) is 2.73. The van der Waals surface area contributed by atoms with E-state index in [1.807, 2.05) is 19.0 Å². The molecular weight excluding hydrogens is 144 g/mol. The molecule has 2 atom stereocenters. The van der Waals surface area contributed by atoms with Gasteiger partial charge in [0.05, 0.1) is 6.04 Å². The number of nitrogens with one attached hydrogen (secondary N) is 1. The fraction of sp³-hybridized carbons (Fsp3) is 0.857. The smallest absolute Gasteiger partial charge is 0.223 e. The average Bonchev–Trinajstić information content (AvgIpc) is 2.30. The second kappa shape index (κ2) is 3.19. The van der Waals surface area contributed by atoms with Gasteiger partial charge in [-0.05, 0) is 14.1 Å². The number of rotatable bonds is 2. The summed E-state index contributed by atoms with van der Waals surface area (Å²) in [6.45, 7) is 0. The Hall–Kier alpha value is -0.610. The van der Waals surface area contributed by atoms with Crippen molar-refractivity contribution in [2.75, 3.05) is 21.2 Å². The van der Waals surface area contributed by atoms with Crippen molar-refractivity contribution in [3.8, 4) is 0 Å². The molecule has 0 radical (unpaired) electrons. The highest BCUT2D eigenvalue weighted by Gasteiger charge is 2.33. The molecule has 0 aromatic rings. The molecule has 1 heterocycles. The third-order valence-electron chi connectivity index (χ3n) is 1.96. The SMILES string of the molecule is CO[C@H]1NC(=O)C[C@@H]1N(C)C. The molecule has 1 amide bonds. The van der Waals surface area contributed by atoms with Gasteiger partial charge >= 0.3 is 0 Å². The van der Waals surface area contributed by atoms with E-state index in [0.29, 0.717) is 6.42 Å². The number of hydrogen-bond acceptors (Lipinski definition) is 3. The lowest BCUT2D eigenvalue weighted by Crippen LogP contribution is -2.41. The first-order chi connectivity index (χ1) is 5.15. The molecule has 0 aliphatic carbocycles. The summed E-state index contributed by atoms with van der Waals surface area (Å²) in [7, 11) is 5.49. The summed E-state index contributed by atoms with van der Waals surface area (Å²) in [5.41, 5.74) is 0. The van der Waals surface area contributed by atoms with Crippen molar-refractivity contribution in [2.45, 2.75) is 18.7 Å². The molecule has 0 aromatic carbocycles. The summed E-state index contributed by atoms with van der Waals surface area (Å²) >= 11 is 0. The van der Waals surface area contributed by atoms with Crippen molar-refractivity contribution in [3.63, 3.8) is 0 Å². The van der Waals surface area contributed by atoms with Crippen LogP contribution in [0.1, 0.15) is 6.42 Å². The van der Waals surface area contributed by atoms with E-state index in [9.17, 15) is 4.79 Å². The molecular formula is C7H14N2O2. The van der Waals surface area contributed by atoms with Crippen LogP contribution in [0.2, 0.25) is 0 Å². The van der Waals surface area contributed by atoms with Crippen LogP contribution in [0.15, 0.2) is 0 Å². The van der Waals surface area contributed by atoms with E-state index in [1.54, 1.807) is 7.11 Å². The third-order valence-corrected chi connectivity index (χ3v) is 1.96. The molecule has 1 N–H and O–H groups in total. The molecule has 1 rings (SSSR count). The maximum atomic E-state index is 10.9. The van der Waals surface area contributed by atoms with Crippen molar-refractivity contribution >= 4 is 5.91 Å². The summed E-state index contributed by atoms with van der Waals surface area (Å²) in [6.07, 6.45) is 0.392. The summed E-state index contributed by atoms with van der Waals surface area (Å²) in [5.74, 6) is 0.0653. The lowest BCUT2D eigenvalue weighted by molar-refractivity contribution is -0.120. The number of ether oxygens (including phenoxy) is 1. The average molecular weight is 158 g/mol. The first kappa shape index (κ1) is 8.49. The maximum absolute atomic E-state index is 10.9. The zero-order valence-corrected chi connectivity index (χ0v) is 7.13. The molecule has 0 aromatic heterocycles. The minimum absolute atomic E-state index is 0.0653. The molecule has 0 spiro atoms. The van der Waals surface area contributed by atoms with Gasteiger partial charge in [0, 0.05) is 13.5 Å². The lowest BCUT2D eigenvalue weighted by atomic mass is 10.2. The second-order valence-electron chi connectivity index (χ2n) is 2.96. The van der Waals surface area contributed by atoms with E-state index in [4.69, 9.17) is 4.74 Å². The van der Waals surface area contributed by atoms with Crippen LogP contribution < -0.4 is 5.32 Å². The van der Waals surface area contributed by atoms with Crippen LogP contribution in [0.5, 0.6) is 0 Å². The first-order valence-electron chi connectivity index (χ1n) is 3.63. The molecule has 11 heavy (non-hydrogen) atoms. The fourth-order valence-corrected chi connectivity index (χ4v) is 1.28. The molecule has 1 fully saturated rings. The van der Waals surface area contributed by atoms with Gasteiger partial charge in [-0.3, -0.25) is 4.79 Å². The van der Waals surface area contributed by atoms with Gasteiger partial charge in [-0.1, -0.05) is 0 Å². The number of nitrogens with zero attached hydrogens (tertiary/aromatic N) is 1. The van der Waals surface area contributed by atoms with Crippen LogP contribution in [-0.2, 0) is 9.53 Å². The quantitative estimate of drug-likeness (QED) is 0.584. The van der Waals surface area contributed by atoms with Gasteiger partial charge in [-0.15, -0.1) is 0 Å². The number of amides is 1. The normalized spacial score (nSPS) is 31.1. The lowest BCUT2D eigenvalue weighted by Gasteiger charge is -2.23. The standard InChI is InChI=1S/C7H14N2O2/c1-9(2)5-4-6(10)8-7(5)11-3/h5,7H,4H2,1-3H3,(H,8,10)/t5-,7+/m0/s1. The Kier molecular flexibility index (Phi) is 2.46. The van der Waals surface area contributed by atoms with Gasteiger partial charge < -0.3 is 15.0 Å². The van der Waals surface area contributed by atoms with Gasteiger partial charge in [-0.25, -0.2) is 0 Å². The van der Waals surface area contributed by atoms with E-state index in [-0.39, 0.29) is 18.2 Å². The number of carbonyl (C=O) groups is 1. The van der Waals surface area contributed by atoms with E-state index < -0.39 is 0 Å². The number of likely N-dealkylation sites (N-methyl/N-ethyl adjacent to an activating group) is 1. The Balaban J connectivity index is 2.57. The summed E-state index contributed by atoms with van der Waals surface area (Å²) in [6, 6.07) is 0.174. The van der Waals surface area contributed by atoms with Gasteiger partial charge in [0.1, 0.15) is 6.23 Å². The third kappa shape index (κ3) is 1.70. The van der Waals surface area contributed by atoms with E-state index in [2.05, 4.69) is 5.32 Å². The van der Waals surface area contributed by atoms with Crippen molar-refractivity contribution in [1.29, 1.82) is 0 Å². The maximum Gasteiger partial charge on any atom is 0.223 e. The van der Waals surface area contributed by atoms with Gasteiger partial charge in [0.15, 0.2) is 0 Å². The monoisotopic (exact) mass is 158 g/mol. The molecule has 0 unspecified atom stereocenters. The Labute approximate surface area is 66.5 Å². The highest BCUT2D eigenvalue weighted by atomic mass is 16.5. The van der Waals surface area contributed by atoms with Crippen LogP contribution in [0, 0.1) is 0 Å². The molecule has 4 nitrogen and oxygen atoms in total. The van der Waals surface area contributed by atoms with Crippen LogP contribution in [0.3, 0.4) is 0 Å². The van der Waals surface area contributed by atoms with E-state index in [0.717, 1.165) is 0 Å². The molecule has 1 aliphatic heterocycles. The molecule has 1 aliphatic rings. The van der Waals surface area contributed by atoms with Crippen molar-refractivity contribution in [1.82, 2.24) is 10.2 Å². The number of carbonyl (C=O) groups excluding carboxylic acids is 1. The Bertz CT molecular complexity index is 159. The predicted octanol–water partition coefficient (Wildman–Crippen LogP) is -0.591. The summed E-state index contributed by atoms with van der Waals surface area (Å²) in [4.78, 5) is 12.9. The van der Waals surface area contributed by atoms with E-state index in [1.165, 1.54) is 0 Å². The van der Waals surface area contributed by atoms with Gasteiger partial charge in [0.2, 0.25) is 5.91 Å². The van der Waals surface area contributed by atoms with Crippen molar-refractivity contribution in [2.24, 2.45) is 0 Å². The molecule has 4 heteroatoms. The van der Waals surface area contributed by atoms with Crippen LogP contribution in [0.25, 0.3) is 0 Å². The van der Waals surface area contributed by atoms with Crippen LogP contribution in [0.4, 0.5) is 0 Å². The van der Waals surface area contributed by atoms with Gasteiger partial charge in [0.25, 0.3) is 0 Å². The minimum atomic E-state index is -0.141. The number of hydrogen-bond donors (Lipinski definition) is 1. The zero-order chi connectivity index (χ0) is 8.43. The molecule has 0 bridgehead atoms. The fourth-order valence-electron chi connectivity index (χ4n) is 1.28. The van der Waals surface area contributed by atoms with Crippen LogP contribution in [-0.4, -0.2) is 44.3 Å². The minimum Gasteiger partial charge on any atom is -0.360 e. The highest BCUT2D eigenvalue weighted by molar-refractivity contribution is 5.79. The van der Waals surface area contributed by atoms with E-state index >= 15 is 0 Å². The topological polar surface area (TPSA) is 41.6 Å². The zero-order valence-electron chi connectivity index (χ0n) is 7.13. The van der Waals surface area contributed by atoms with Gasteiger partial charge in [-0.2, -0.15) is 0 Å². The summed E-state index contributed by atoms with van der Waals surface area (Å²) < 4.78 is 5.08. The molecule has 64 valence electrons. The Morgan fingerprint density at radius 2 is 2.27 bits per heavy atom. The number of methoxy groups -OCH3 is 1. The molecule has 0 saturated carbocycles. The highest BCUT2D eigenvalue weighted by Crippen LogP contribution is 2.12. The molecule has 1 saturated heterocycles. The largest absolute Gasteiger partial charge is 0.360 e. The van der Waals surface area contributed by atoms with Crippen LogP contribution >= 0.6 is 0 Å². The van der Waals surface area contributed by atoms with Crippen molar-refractivity contribution < 1.29 is 9.53 Å². The Morgan fingerprint density at radius 1 is 1.64 bits per heavy atom. The predicted molar refractivity (Wildman–Crippen MR) is 41.0 cm³/mol. The van der Waals surface area contributed by atoms with Crippen molar-refractivity contribution in [3.05, 3.63) is 0 Å².